The lowest BCUT2D eigenvalue weighted by atomic mass is 10.0. The number of carbonyl (C=O) groups excluding carboxylic acids is 2. The second-order valence-electron chi connectivity index (χ2n) is 6.61. The maximum absolute atomic E-state index is 11.9. The van der Waals surface area contributed by atoms with Crippen molar-refractivity contribution in [3.05, 3.63) is 0 Å². The van der Waals surface area contributed by atoms with Crippen molar-refractivity contribution in [1.29, 1.82) is 0 Å². The number of hydrogen-bond donors (Lipinski definition) is 1. The van der Waals surface area contributed by atoms with Crippen molar-refractivity contribution < 1.29 is 14.3 Å². The van der Waals surface area contributed by atoms with E-state index in [1.54, 1.807) is 13.8 Å². The van der Waals surface area contributed by atoms with Crippen molar-refractivity contribution in [3.63, 3.8) is 0 Å². The third kappa shape index (κ3) is 7.30. The SMILES string of the molecule is CC(C)CCC(=O)NC(C)(C)C(=O)OC(C)(C)C. The molecule has 0 bridgehead atoms. The van der Waals surface area contributed by atoms with Crippen molar-refractivity contribution in [2.24, 2.45) is 5.92 Å². The number of nitrogens with one attached hydrogen (secondary N) is 1. The first kappa shape index (κ1) is 16.9. The topological polar surface area (TPSA) is 55.4 Å². The summed E-state index contributed by atoms with van der Waals surface area (Å²) in [7, 11) is 0. The molecule has 4 heteroatoms. The Balaban J connectivity index is 4.37. The molecule has 0 unspecified atom stereocenters. The van der Waals surface area contributed by atoms with Gasteiger partial charge in [-0.2, -0.15) is 0 Å². The summed E-state index contributed by atoms with van der Waals surface area (Å²) in [5.74, 6) is -0.0483. The Labute approximate surface area is 110 Å². The summed E-state index contributed by atoms with van der Waals surface area (Å²) in [5, 5.41) is 2.72. The lowest BCUT2D eigenvalue weighted by molar-refractivity contribution is -0.163. The Hall–Kier alpha value is -1.06. The summed E-state index contributed by atoms with van der Waals surface area (Å²) >= 11 is 0. The number of ether oxygens (including phenoxy) is 1. The number of esters is 1. The van der Waals surface area contributed by atoms with Crippen LogP contribution in [0.1, 0.15) is 61.3 Å². The lowest BCUT2D eigenvalue weighted by Crippen LogP contribution is -2.52. The summed E-state index contributed by atoms with van der Waals surface area (Å²) in [6.07, 6.45) is 1.25. The van der Waals surface area contributed by atoms with Gasteiger partial charge in [0.1, 0.15) is 11.1 Å². The Kier molecular flexibility index (Phi) is 5.84. The van der Waals surface area contributed by atoms with E-state index >= 15 is 0 Å². The molecule has 0 heterocycles. The van der Waals surface area contributed by atoms with Crippen LogP contribution in [-0.2, 0) is 14.3 Å². The average Bonchev–Trinajstić information content (AvgIpc) is 2.11. The van der Waals surface area contributed by atoms with Crippen molar-refractivity contribution in [2.75, 3.05) is 0 Å². The van der Waals surface area contributed by atoms with Gasteiger partial charge >= 0.3 is 5.97 Å². The molecule has 0 aliphatic rings. The first-order chi connectivity index (χ1) is 7.94. The Morgan fingerprint density at radius 1 is 1.11 bits per heavy atom. The molecule has 0 aliphatic heterocycles. The quantitative estimate of drug-likeness (QED) is 0.770. The van der Waals surface area contributed by atoms with Crippen LogP contribution in [0.3, 0.4) is 0 Å². The first-order valence-corrected chi connectivity index (χ1v) is 6.48. The second kappa shape index (κ2) is 6.21. The molecule has 18 heavy (non-hydrogen) atoms. The normalized spacial score (nSPS) is 12.4. The summed E-state index contributed by atoms with van der Waals surface area (Å²) < 4.78 is 5.28. The van der Waals surface area contributed by atoms with Crippen LogP contribution in [0.2, 0.25) is 0 Å². The Morgan fingerprint density at radius 3 is 2.00 bits per heavy atom. The van der Waals surface area contributed by atoms with Crippen LogP contribution in [0.4, 0.5) is 0 Å². The molecule has 4 nitrogen and oxygen atoms in total. The van der Waals surface area contributed by atoms with Gasteiger partial charge in [-0.1, -0.05) is 13.8 Å². The van der Waals surface area contributed by atoms with Crippen LogP contribution in [0.5, 0.6) is 0 Å². The van der Waals surface area contributed by atoms with Crippen LogP contribution >= 0.6 is 0 Å². The Bertz CT molecular complexity index is 301. The van der Waals surface area contributed by atoms with E-state index in [2.05, 4.69) is 19.2 Å². The highest BCUT2D eigenvalue weighted by molar-refractivity contribution is 5.87. The molecule has 0 spiro atoms. The van der Waals surface area contributed by atoms with Gasteiger partial charge in [-0.25, -0.2) is 4.79 Å². The van der Waals surface area contributed by atoms with Gasteiger partial charge in [-0.05, 0) is 47.0 Å². The maximum atomic E-state index is 11.9. The summed E-state index contributed by atoms with van der Waals surface area (Å²) in [5.41, 5.74) is -1.53. The molecule has 0 fully saturated rings. The van der Waals surface area contributed by atoms with Gasteiger partial charge in [0.2, 0.25) is 5.91 Å². The molecule has 0 aromatic heterocycles. The summed E-state index contributed by atoms with van der Waals surface area (Å²) in [6.45, 7) is 12.9. The lowest BCUT2D eigenvalue weighted by Gasteiger charge is -2.29. The third-order valence-corrected chi connectivity index (χ3v) is 2.31. The monoisotopic (exact) mass is 257 g/mol. The number of carbonyl (C=O) groups is 2. The minimum atomic E-state index is -0.985. The standard InChI is InChI=1S/C14H27NO3/c1-10(2)8-9-11(16)15-14(6,7)12(17)18-13(3,4)5/h10H,8-9H2,1-7H3,(H,15,16). The van der Waals surface area contributed by atoms with E-state index in [0.717, 1.165) is 6.42 Å². The zero-order valence-electron chi connectivity index (χ0n) is 12.7. The van der Waals surface area contributed by atoms with Gasteiger partial charge in [0.25, 0.3) is 0 Å². The predicted octanol–water partition coefficient (Wildman–Crippen LogP) is 2.66. The highest BCUT2D eigenvalue weighted by Crippen LogP contribution is 2.14. The van der Waals surface area contributed by atoms with E-state index in [1.165, 1.54) is 0 Å². The van der Waals surface area contributed by atoms with Crippen LogP contribution in [-0.4, -0.2) is 23.0 Å². The predicted molar refractivity (Wildman–Crippen MR) is 72.1 cm³/mol. The highest BCUT2D eigenvalue weighted by Gasteiger charge is 2.33. The molecule has 0 aromatic carbocycles. The van der Waals surface area contributed by atoms with E-state index in [-0.39, 0.29) is 5.91 Å². The van der Waals surface area contributed by atoms with Gasteiger partial charge in [0.15, 0.2) is 0 Å². The number of rotatable bonds is 5. The van der Waals surface area contributed by atoms with Gasteiger partial charge < -0.3 is 10.1 Å². The Morgan fingerprint density at radius 2 is 1.61 bits per heavy atom. The molecule has 106 valence electrons. The zero-order chi connectivity index (χ0) is 14.6. The summed E-state index contributed by atoms with van der Waals surface area (Å²) in [6, 6.07) is 0. The molecule has 0 saturated heterocycles. The molecule has 0 aliphatic carbocycles. The molecular weight excluding hydrogens is 230 g/mol. The van der Waals surface area contributed by atoms with E-state index in [1.807, 2.05) is 20.8 Å². The van der Waals surface area contributed by atoms with Gasteiger partial charge in [0.05, 0.1) is 0 Å². The van der Waals surface area contributed by atoms with Gasteiger partial charge in [-0.3, -0.25) is 4.79 Å². The van der Waals surface area contributed by atoms with Crippen molar-refractivity contribution >= 4 is 11.9 Å². The number of amides is 1. The van der Waals surface area contributed by atoms with E-state index in [4.69, 9.17) is 4.74 Å². The van der Waals surface area contributed by atoms with E-state index < -0.39 is 17.1 Å². The van der Waals surface area contributed by atoms with Gasteiger partial charge in [-0.15, -0.1) is 0 Å². The van der Waals surface area contributed by atoms with Crippen LogP contribution in [0, 0.1) is 5.92 Å². The number of hydrogen-bond acceptors (Lipinski definition) is 3. The van der Waals surface area contributed by atoms with Crippen molar-refractivity contribution in [2.45, 2.75) is 72.4 Å². The third-order valence-electron chi connectivity index (χ3n) is 2.31. The molecule has 0 aromatic rings. The molecule has 0 saturated carbocycles. The molecular formula is C14H27NO3. The molecule has 0 radical (unpaired) electrons. The largest absolute Gasteiger partial charge is 0.458 e. The minimum Gasteiger partial charge on any atom is -0.458 e. The van der Waals surface area contributed by atoms with E-state index in [9.17, 15) is 9.59 Å². The fourth-order valence-electron chi connectivity index (χ4n) is 1.29. The zero-order valence-corrected chi connectivity index (χ0v) is 12.7. The van der Waals surface area contributed by atoms with Crippen molar-refractivity contribution in [1.82, 2.24) is 5.32 Å². The maximum Gasteiger partial charge on any atom is 0.331 e. The molecule has 0 atom stereocenters. The smallest absolute Gasteiger partial charge is 0.331 e. The van der Waals surface area contributed by atoms with Crippen LogP contribution in [0.15, 0.2) is 0 Å². The second-order valence-corrected chi connectivity index (χ2v) is 6.61. The fraction of sp³-hybridized carbons (Fsp3) is 0.857. The van der Waals surface area contributed by atoms with Crippen LogP contribution < -0.4 is 5.32 Å². The average molecular weight is 257 g/mol. The van der Waals surface area contributed by atoms with Crippen molar-refractivity contribution in [3.8, 4) is 0 Å². The highest BCUT2D eigenvalue weighted by atomic mass is 16.6. The molecule has 0 rings (SSSR count). The first-order valence-electron chi connectivity index (χ1n) is 6.48. The molecule has 1 amide bonds. The summed E-state index contributed by atoms with van der Waals surface area (Å²) in [4.78, 5) is 23.6. The van der Waals surface area contributed by atoms with E-state index in [0.29, 0.717) is 12.3 Å². The minimum absolute atomic E-state index is 0.112. The van der Waals surface area contributed by atoms with Crippen LogP contribution in [0.25, 0.3) is 0 Å². The van der Waals surface area contributed by atoms with Gasteiger partial charge in [0, 0.05) is 6.42 Å². The fourth-order valence-corrected chi connectivity index (χ4v) is 1.29. The molecule has 1 N–H and O–H groups in total.